The highest BCUT2D eigenvalue weighted by Gasteiger charge is 1.94. The van der Waals surface area contributed by atoms with E-state index in [1.165, 1.54) is 6.08 Å². The number of nitrogens with one attached hydrogen (secondary N) is 1. The summed E-state index contributed by atoms with van der Waals surface area (Å²) in [6, 6.07) is 9.91. The molecule has 1 N–H and O–H groups in total. The predicted octanol–water partition coefficient (Wildman–Crippen LogP) is 2.41. The average molecular weight is 245 g/mol. The van der Waals surface area contributed by atoms with Crippen LogP contribution in [0.2, 0.25) is 0 Å². The Bertz CT molecular complexity index is 396. The molecule has 0 saturated carbocycles. The van der Waals surface area contributed by atoms with E-state index in [0.29, 0.717) is 6.61 Å². The van der Waals surface area contributed by atoms with Crippen LogP contribution >= 0.6 is 0 Å². The van der Waals surface area contributed by atoms with E-state index in [4.69, 9.17) is 4.74 Å². The number of benzene rings is 1. The highest BCUT2D eigenvalue weighted by atomic mass is 16.5. The molecule has 0 saturated heterocycles. The zero-order valence-electron chi connectivity index (χ0n) is 10.6. The van der Waals surface area contributed by atoms with E-state index < -0.39 is 0 Å². The third-order valence-electron chi connectivity index (χ3n) is 2.25. The molecule has 0 amide bonds. The number of hydrogen-bond donors (Lipinski definition) is 1. The van der Waals surface area contributed by atoms with Crippen LogP contribution < -0.4 is 5.32 Å². The van der Waals surface area contributed by atoms with Gasteiger partial charge in [-0.2, -0.15) is 0 Å². The SMILES string of the molecule is CNCCCOC(=O)/C=C/C=C/c1ccccc1. The zero-order chi connectivity index (χ0) is 13.1. The van der Waals surface area contributed by atoms with E-state index in [9.17, 15) is 4.79 Å². The van der Waals surface area contributed by atoms with Gasteiger partial charge in [0.15, 0.2) is 0 Å². The molecular weight excluding hydrogens is 226 g/mol. The zero-order valence-corrected chi connectivity index (χ0v) is 10.6. The van der Waals surface area contributed by atoms with Crippen LogP contribution in [0, 0.1) is 0 Å². The predicted molar refractivity (Wildman–Crippen MR) is 74.1 cm³/mol. The van der Waals surface area contributed by atoms with Crippen molar-refractivity contribution in [3.05, 3.63) is 54.1 Å². The summed E-state index contributed by atoms with van der Waals surface area (Å²) in [4.78, 5) is 11.3. The molecule has 1 aromatic carbocycles. The molecule has 18 heavy (non-hydrogen) atoms. The van der Waals surface area contributed by atoms with Crippen LogP contribution in [0.1, 0.15) is 12.0 Å². The topological polar surface area (TPSA) is 38.3 Å². The van der Waals surface area contributed by atoms with Crippen molar-refractivity contribution < 1.29 is 9.53 Å². The minimum Gasteiger partial charge on any atom is -0.462 e. The number of hydrogen-bond acceptors (Lipinski definition) is 3. The second kappa shape index (κ2) is 9.19. The Labute approximate surface area is 108 Å². The summed E-state index contributed by atoms with van der Waals surface area (Å²) in [6.45, 7) is 1.30. The molecule has 0 aliphatic heterocycles. The first-order valence-corrected chi connectivity index (χ1v) is 6.04. The fourth-order valence-corrected chi connectivity index (χ4v) is 1.33. The largest absolute Gasteiger partial charge is 0.462 e. The molecule has 0 atom stereocenters. The molecule has 0 bridgehead atoms. The van der Waals surface area contributed by atoms with Crippen molar-refractivity contribution in [1.29, 1.82) is 0 Å². The van der Waals surface area contributed by atoms with Gasteiger partial charge < -0.3 is 10.1 Å². The Morgan fingerprint density at radius 3 is 2.78 bits per heavy atom. The van der Waals surface area contributed by atoms with Crippen molar-refractivity contribution in [3.63, 3.8) is 0 Å². The van der Waals surface area contributed by atoms with Crippen molar-refractivity contribution >= 4 is 12.0 Å². The van der Waals surface area contributed by atoms with E-state index in [0.717, 1.165) is 18.5 Å². The van der Waals surface area contributed by atoms with Crippen LogP contribution in [0.3, 0.4) is 0 Å². The number of esters is 1. The number of rotatable bonds is 7. The molecule has 0 fully saturated rings. The molecule has 3 nitrogen and oxygen atoms in total. The Hall–Kier alpha value is -1.87. The molecule has 96 valence electrons. The third-order valence-corrected chi connectivity index (χ3v) is 2.25. The standard InChI is InChI=1S/C15H19NO2/c1-16-12-7-13-18-15(17)11-6-5-10-14-8-3-2-4-9-14/h2-6,8-11,16H,7,12-13H2,1H3/b10-5+,11-6+. The van der Waals surface area contributed by atoms with Gasteiger partial charge in [0.2, 0.25) is 0 Å². The molecule has 0 radical (unpaired) electrons. The highest BCUT2D eigenvalue weighted by molar-refractivity contribution is 5.82. The molecule has 0 unspecified atom stereocenters. The average Bonchev–Trinajstić information content (AvgIpc) is 2.41. The summed E-state index contributed by atoms with van der Waals surface area (Å²) in [7, 11) is 1.87. The molecule has 1 rings (SSSR count). The lowest BCUT2D eigenvalue weighted by Crippen LogP contribution is -2.12. The van der Waals surface area contributed by atoms with Crippen molar-refractivity contribution in [2.24, 2.45) is 0 Å². The molecule has 0 aromatic heterocycles. The molecule has 0 spiro atoms. The maximum atomic E-state index is 11.3. The van der Waals surface area contributed by atoms with Crippen molar-refractivity contribution in [2.45, 2.75) is 6.42 Å². The van der Waals surface area contributed by atoms with Crippen LogP contribution in [0.4, 0.5) is 0 Å². The van der Waals surface area contributed by atoms with Gasteiger partial charge in [0.25, 0.3) is 0 Å². The van der Waals surface area contributed by atoms with Gasteiger partial charge in [-0.1, -0.05) is 48.6 Å². The van der Waals surface area contributed by atoms with Crippen LogP contribution in [-0.4, -0.2) is 26.2 Å². The van der Waals surface area contributed by atoms with Gasteiger partial charge in [-0.15, -0.1) is 0 Å². The summed E-state index contributed by atoms with van der Waals surface area (Å²) < 4.78 is 5.00. The smallest absolute Gasteiger partial charge is 0.330 e. The Morgan fingerprint density at radius 2 is 2.06 bits per heavy atom. The summed E-state index contributed by atoms with van der Waals surface area (Å²) in [5.41, 5.74) is 1.10. The first-order chi connectivity index (χ1) is 8.83. The fourth-order valence-electron chi connectivity index (χ4n) is 1.33. The van der Waals surface area contributed by atoms with E-state index in [1.807, 2.05) is 49.5 Å². The number of ether oxygens (including phenoxy) is 1. The maximum Gasteiger partial charge on any atom is 0.330 e. The molecule has 0 heterocycles. The summed E-state index contributed by atoms with van der Waals surface area (Å²) >= 11 is 0. The van der Waals surface area contributed by atoms with Crippen LogP contribution in [-0.2, 0) is 9.53 Å². The van der Waals surface area contributed by atoms with Crippen molar-refractivity contribution in [2.75, 3.05) is 20.2 Å². The third kappa shape index (κ3) is 6.66. The van der Waals surface area contributed by atoms with Crippen LogP contribution in [0.25, 0.3) is 6.08 Å². The second-order valence-electron chi connectivity index (χ2n) is 3.75. The maximum absolute atomic E-state index is 11.3. The van der Waals surface area contributed by atoms with Crippen molar-refractivity contribution in [3.8, 4) is 0 Å². The van der Waals surface area contributed by atoms with E-state index in [2.05, 4.69) is 5.32 Å². The lowest BCUT2D eigenvalue weighted by atomic mass is 10.2. The number of allylic oxidation sites excluding steroid dienone is 2. The monoisotopic (exact) mass is 245 g/mol. The minimum atomic E-state index is -0.302. The molecular formula is C15H19NO2. The normalized spacial score (nSPS) is 11.2. The van der Waals surface area contributed by atoms with E-state index in [-0.39, 0.29) is 5.97 Å². The quantitative estimate of drug-likeness (QED) is 0.347. The van der Waals surface area contributed by atoms with Gasteiger partial charge in [0.1, 0.15) is 0 Å². The Balaban J connectivity index is 2.23. The van der Waals surface area contributed by atoms with Gasteiger partial charge >= 0.3 is 5.97 Å². The number of carbonyl (C=O) groups is 1. The summed E-state index contributed by atoms with van der Waals surface area (Å²) in [6.07, 6.45) is 7.71. The van der Waals surface area contributed by atoms with Gasteiger partial charge in [0, 0.05) is 6.08 Å². The van der Waals surface area contributed by atoms with Crippen LogP contribution in [0.5, 0.6) is 0 Å². The summed E-state index contributed by atoms with van der Waals surface area (Å²) in [5, 5.41) is 2.99. The van der Waals surface area contributed by atoms with Gasteiger partial charge in [0.05, 0.1) is 6.61 Å². The molecule has 3 heteroatoms. The Kier molecular flexibility index (Phi) is 7.25. The first kappa shape index (κ1) is 14.2. The van der Waals surface area contributed by atoms with Gasteiger partial charge in [-0.05, 0) is 25.6 Å². The second-order valence-corrected chi connectivity index (χ2v) is 3.75. The van der Waals surface area contributed by atoms with Crippen molar-refractivity contribution in [1.82, 2.24) is 5.32 Å². The lowest BCUT2D eigenvalue weighted by molar-refractivity contribution is -0.137. The fraction of sp³-hybridized carbons (Fsp3) is 0.267. The summed E-state index contributed by atoms with van der Waals surface area (Å²) in [5.74, 6) is -0.302. The van der Waals surface area contributed by atoms with Gasteiger partial charge in [-0.25, -0.2) is 4.79 Å². The number of carbonyl (C=O) groups excluding carboxylic acids is 1. The molecule has 0 aliphatic rings. The van der Waals surface area contributed by atoms with E-state index in [1.54, 1.807) is 6.08 Å². The minimum absolute atomic E-state index is 0.302. The Morgan fingerprint density at radius 1 is 1.28 bits per heavy atom. The van der Waals surface area contributed by atoms with Gasteiger partial charge in [-0.3, -0.25) is 0 Å². The molecule has 1 aromatic rings. The van der Waals surface area contributed by atoms with E-state index >= 15 is 0 Å². The van der Waals surface area contributed by atoms with Crippen LogP contribution in [0.15, 0.2) is 48.6 Å². The lowest BCUT2D eigenvalue weighted by Gasteiger charge is -2.00. The molecule has 0 aliphatic carbocycles. The first-order valence-electron chi connectivity index (χ1n) is 6.04. The highest BCUT2D eigenvalue weighted by Crippen LogP contribution is 2.00.